The van der Waals surface area contributed by atoms with Gasteiger partial charge in [-0.2, -0.15) is 0 Å². The van der Waals surface area contributed by atoms with Gasteiger partial charge >= 0.3 is 0 Å². The molecule has 0 aliphatic rings. The van der Waals surface area contributed by atoms with Crippen LogP contribution in [0.2, 0.25) is 5.04 Å². The Kier molecular flexibility index (Phi) is 7.83. The fourth-order valence-corrected chi connectivity index (χ4v) is 8.56. The molecule has 0 aromatic heterocycles. The van der Waals surface area contributed by atoms with E-state index in [1.165, 1.54) is 10.4 Å². The standard InChI is InChI=1S/C27H33NO2Si/c1-23(20-28-29-22-24-14-8-5-9-15-24)21-30-31(27(2,3)4,25-16-10-6-11-17-25)26-18-12-7-13-19-26/h5-20,23H,21-22H2,1-4H3/b28-20+. The van der Waals surface area contributed by atoms with Crippen LogP contribution >= 0.6 is 0 Å². The van der Waals surface area contributed by atoms with Crippen LogP contribution in [-0.2, 0) is 15.9 Å². The van der Waals surface area contributed by atoms with Gasteiger partial charge in [0.15, 0.2) is 0 Å². The van der Waals surface area contributed by atoms with Crippen molar-refractivity contribution in [3.63, 3.8) is 0 Å². The minimum absolute atomic E-state index is 0.0314. The van der Waals surface area contributed by atoms with Crippen LogP contribution in [0.5, 0.6) is 0 Å². The number of rotatable bonds is 9. The fraction of sp³-hybridized carbons (Fsp3) is 0.296. The second-order valence-electron chi connectivity index (χ2n) is 8.97. The van der Waals surface area contributed by atoms with Crippen LogP contribution in [0, 0.1) is 5.92 Å². The molecule has 0 saturated heterocycles. The first kappa shape index (κ1) is 23.0. The third-order valence-corrected chi connectivity index (χ3v) is 10.4. The van der Waals surface area contributed by atoms with Crippen LogP contribution in [0.3, 0.4) is 0 Å². The lowest BCUT2D eigenvalue weighted by molar-refractivity contribution is 0.130. The monoisotopic (exact) mass is 431 g/mol. The van der Waals surface area contributed by atoms with E-state index in [4.69, 9.17) is 9.26 Å². The zero-order valence-corrected chi connectivity index (χ0v) is 20.0. The predicted octanol–water partition coefficient (Wildman–Crippen LogP) is 5.40. The first-order valence-electron chi connectivity index (χ1n) is 10.9. The molecule has 31 heavy (non-hydrogen) atoms. The first-order valence-corrected chi connectivity index (χ1v) is 12.8. The van der Waals surface area contributed by atoms with Crippen molar-refractivity contribution in [2.45, 2.75) is 39.3 Å². The molecule has 0 bridgehead atoms. The van der Waals surface area contributed by atoms with Gasteiger partial charge in [0.05, 0.1) is 0 Å². The van der Waals surface area contributed by atoms with E-state index < -0.39 is 8.32 Å². The van der Waals surface area contributed by atoms with Crippen molar-refractivity contribution in [3.05, 3.63) is 96.6 Å². The van der Waals surface area contributed by atoms with Gasteiger partial charge in [-0.05, 0) is 21.0 Å². The Balaban J connectivity index is 1.77. The molecule has 1 atom stereocenters. The van der Waals surface area contributed by atoms with E-state index in [-0.39, 0.29) is 11.0 Å². The Bertz CT molecular complexity index is 898. The molecular formula is C27H33NO2Si. The Morgan fingerprint density at radius 2 is 1.29 bits per heavy atom. The predicted molar refractivity (Wildman–Crippen MR) is 132 cm³/mol. The molecule has 0 N–H and O–H groups in total. The van der Waals surface area contributed by atoms with Crippen LogP contribution < -0.4 is 10.4 Å². The molecule has 0 aliphatic carbocycles. The average Bonchev–Trinajstić information content (AvgIpc) is 2.78. The highest BCUT2D eigenvalue weighted by molar-refractivity contribution is 6.99. The number of oxime groups is 1. The van der Waals surface area contributed by atoms with Gasteiger partial charge in [0.25, 0.3) is 8.32 Å². The van der Waals surface area contributed by atoms with Crippen LogP contribution in [-0.4, -0.2) is 21.1 Å². The Labute approximate surface area is 187 Å². The molecular weight excluding hydrogens is 398 g/mol. The summed E-state index contributed by atoms with van der Waals surface area (Å²) in [6, 6.07) is 31.5. The molecule has 4 heteroatoms. The highest BCUT2D eigenvalue weighted by atomic mass is 28.4. The zero-order chi connectivity index (χ0) is 22.2. The Hall–Kier alpha value is -2.69. The van der Waals surface area contributed by atoms with Crippen molar-refractivity contribution >= 4 is 24.9 Å². The molecule has 0 heterocycles. The van der Waals surface area contributed by atoms with E-state index in [9.17, 15) is 0 Å². The van der Waals surface area contributed by atoms with Crippen LogP contribution in [0.1, 0.15) is 33.3 Å². The average molecular weight is 432 g/mol. The van der Waals surface area contributed by atoms with Crippen molar-refractivity contribution in [2.75, 3.05) is 6.61 Å². The molecule has 3 nitrogen and oxygen atoms in total. The van der Waals surface area contributed by atoms with Crippen LogP contribution in [0.4, 0.5) is 0 Å². The topological polar surface area (TPSA) is 30.8 Å². The Morgan fingerprint density at radius 3 is 1.77 bits per heavy atom. The van der Waals surface area contributed by atoms with Crippen molar-refractivity contribution < 1.29 is 9.26 Å². The first-order chi connectivity index (χ1) is 14.9. The largest absolute Gasteiger partial charge is 0.407 e. The van der Waals surface area contributed by atoms with Gasteiger partial charge in [0.1, 0.15) is 6.61 Å². The normalized spacial score (nSPS) is 13.3. The number of hydrogen-bond donors (Lipinski definition) is 0. The summed E-state index contributed by atoms with van der Waals surface area (Å²) in [6.07, 6.45) is 1.85. The molecule has 0 radical (unpaired) electrons. The van der Waals surface area contributed by atoms with Crippen LogP contribution in [0.15, 0.2) is 96.2 Å². The molecule has 0 fully saturated rings. The summed E-state index contributed by atoms with van der Waals surface area (Å²) in [4.78, 5) is 5.48. The van der Waals surface area contributed by atoms with Gasteiger partial charge in [0.2, 0.25) is 0 Å². The van der Waals surface area contributed by atoms with E-state index in [2.05, 4.69) is 93.5 Å². The molecule has 3 rings (SSSR count). The summed E-state index contributed by atoms with van der Waals surface area (Å²) in [5.41, 5.74) is 1.11. The third-order valence-electron chi connectivity index (χ3n) is 5.44. The minimum Gasteiger partial charge on any atom is -0.407 e. The van der Waals surface area contributed by atoms with Gasteiger partial charge < -0.3 is 9.26 Å². The van der Waals surface area contributed by atoms with Crippen molar-refractivity contribution in [2.24, 2.45) is 11.1 Å². The lowest BCUT2D eigenvalue weighted by atomic mass is 10.2. The summed E-state index contributed by atoms with van der Waals surface area (Å²) in [6.45, 7) is 10.1. The third kappa shape index (κ3) is 5.72. The molecule has 0 amide bonds. The van der Waals surface area contributed by atoms with Crippen molar-refractivity contribution in [1.29, 1.82) is 0 Å². The minimum atomic E-state index is -2.51. The second-order valence-corrected chi connectivity index (χ2v) is 13.3. The number of benzene rings is 3. The quantitative estimate of drug-likeness (QED) is 0.258. The molecule has 0 aliphatic heterocycles. The SMILES string of the molecule is CC(/C=N/OCc1ccccc1)CO[Si](c1ccccc1)(c1ccccc1)C(C)(C)C. The molecule has 0 saturated carbocycles. The molecule has 162 valence electrons. The lowest BCUT2D eigenvalue weighted by Gasteiger charge is -2.43. The van der Waals surface area contributed by atoms with Gasteiger partial charge in [0, 0.05) is 18.7 Å². The molecule has 0 spiro atoms. The maximum atomic E-state index is 6.94. The van der Waals surface area contributed by atoms with E-state index in [0.717, 1.165) is 5.56 Å². The Morgan fingerprint density at radius 1 is 0.806 bits per heavy atom. The van der Waals surface area contributed by atoms with E-state index in [0.29, 0.717) is 13.2 Å². The maximum absolute atomic E-state index is 6.94. The van der Waals surface area contributed by atoms with Gasteiger partial charge in [-0.3, -0.25) is 0 Å². The van der Waals surface area contributed by atoms with E-state index in [1.807, 2.05) is 36.5 Å². The smallest absolute Gasteiger partial charge is 0.261 e. The summed E-state index contributed by atoms with van der Waals surface area (Å²) < 4.78 is 6.94. The van der Waals surface area contributed by atoms with Crippen molar-refractivity contribution in [1.82, 2.24) is 0 Å². The lowest BCUT2D eigenvalue weighted by Crippen LogP contribution is -2.66. The van der Waals surface area contributed by atoms with E-state index in [1.54, 1.807) is 0 Å². The highest BCUT2D eigenvalue weighted by Gasteiger charge is 2.50. The summed E-state index contributed by atoms with van der Waals surface area (Å²) >= 11 is 0. The molecule has 1 unspecified atom stereocenters. The zero-order valence-electron chi connectivity index (χ0n) is 19.0. The highest BCUT2D eigenvalue weighted by Crippen LogP contribution is 2.36. The summed E-state index contributed by atoms with van der Waals surface area (Å²) in [7, 11) is -2.51. The van der Waals surface area contributed by atoms with Gasteiger partial charge in [-0.1, -0.05) is 124 Å². The van der Waals surface area contributed by atoms with Gasteiger partial charge in [-0.25, -0.2) is 0 Å². The maximum Gasteiger partial charge on any atom is 0.261 e. The van der Waals surface area contributed by atoms with Crippen molar-refractivity contribution in [3.8, 4) is 0 Å². The second kappa shape index (κ2) is 10.6. The van der Waals surface area contributed by atoms with Gasteiger partial charge in [-0.15, -0.1) is 0 Å². The summed E-state index contributed by atoms with van der Waals surface area (Å²) in [5.74, 6) is 0.137. The fourth-order valence-electron chi connectivity index (χ4n) is 3.89. The van der Waals surface area contributed by atoms with Crippen LogP contribution in [0.25, 0.3) is 0 Å². The summed E-state index contributed by atoms with van der Waals surface area (Å²) in [5, 5.41) is 6.73. The number of nitrogens with zero attached hydrogens (tertiary/aromatic N) is 1. The van der Waals surface area contributed by atoms with E-state index >= 15 is 0 Å². The molecule has 3 aromatic carbocycles. The number of hydrogen-bond acceptors (Lipinski definition) is 3. The molecule has 3 aromatic rings.